The number of aliphatic hydroxyl groups excluding tert-OH is 1. The van der Waals surface area contributed by atoms with Crippen molar-refractivity contribution in [2.24, 2.45) is 0 Å². The Kier molecular flexibility index (Phi) is 7.24. The summed E-state index contributed by atoms with van der Waals surface area (Å²) in [5.41, 5.74) is 0.0547. The van der Waals surface area contributed by atoms with Crippen molar-refractivity contribution in [3.63, 3.8) is 0 Å². The molecule has 122 valence electrons. The van der Waals surface area contributed by atoms with Crippen LogP contribution in [0.15, 0.2) is 30.9 Å². The predicted molar refractivity (Wildman–Crippen MR) is 75.8 cm³/mol. The minimum atomic E-state index is -2.72. The first-order valence-electron chi connectivity index (χ1n) is 6.46. The summed E-state index contributed by atoms with van der Waals surface area (Å²) in [6.45, 7) is 2.56. The molecule has 0 aliphatic heterocycles. The molecule has 1 rings (SSSR count). The number of urea groups is 1. The second-order valence-electron chi connectivity index (χ2n) is 4.23. The summed E-state index contributed by atoms with van der Waals surface area (Å²) in [4.78, 5) is 13.3. The number of hydrogen-bond acceptors (Lipinski definition) is 3. The molecule has 2 N–H and O–H groups in total. The van der Waals surface area contributed by atoms with Crippen molar-refractivity contribution in [3.05, 3.63) is 36.7 Å². The van der Waals surface area contributed by atoms with Gasteiger partial charge in [-0.25, -0.2) is 18.0 Å². The normalized spacial score (nSPS) is 10.4. The molecule has 1 aromatic rings. The summed E-state index contributed by atoms with van der Waals surface area (Å²) in [6.07, 6.45) is -1.26. The van der Waals surface area contributed by atoms with E-state index in [2.05, 4.69) is 11.9 Å². The number of nitrogens with zero attached hydrogens (tertiary/aromatic N) is 1. The van der Waals surface area contributed by atoms with Crippen LogP contribution in [0.2, 0.25) is 0 Å². The van der Waals surface area contributed by atoms with Gasteiger partial charge >= 0.3 is 6.03 Å². The number of anilines is 1. The van der Waals surface area contributed by atoms with E-state index in [9.17, 15) is 18.0 Å². The van der Waals surface area contributed by atoms with Gasteiger partial charge in [0.25, 0.3) is 6.43 Å². The first kappa shape index (κ1) is 17.8. The number of nitrogens with one attached hydrogen (secondary N) is 1. The van der Waals surface area contributed by atoms with Gasteiger partial charge in [-0.3, -0.25) is 0 Å². The Morgan fingerprint density at radius 1 is 1.50 bits per heavy atom. The fraction of sp³-hybridized carbons (Fsp3) is 0.357. The van der Waals surface area contributed by atoms with Crippen molar-refractivity contribution in [2.75, 3.05) is 31.6 Å². The highest BCUT2D eigenvalue weighted by atomic mass is 19.3. The predicted octanol–water partition coefficient (Wildman–Crippen LogP) is 2.48. The lowest BCUT2D eigenvalue weighted by atomic mass is 10.3. The van der Waals surface area contributed by atoms with Crippen LogP contribution in [0.1, 0.15) is 0 Å². The molecule has 0 bridgehead atoms. The largest absolute Gasteiger partial charge is 0.485 e. The average Bonchev–Trinajstić information content (AvgIpc) is 2.47. The first-order chi connectivity index (χ1) is 10.5. The van der Waals surface area contributed by atoms with Crippen LogP contribution in [0.5, 0.6) is 5.75 Å². The Bertz CT molecular complexity index is 512. The Labute approximate surface area is 126 Å². The van der Waals surface area contributed by atoms with Gasteiger partial charge in [0.2, 0.25) is 0 Å². The molecule has 0 spiro atoms. The molecular formula is C14H17F3N2O3. The molecule has 5 nitrogen and oxygen atoms in total. The second-order valence-corrected chi connectivity index (χ2v) is 4.23. The van der Waals surface area contributed by atoms with E-state index in [-0.39, 0.29) is 31.1 Å². The van der Waals surface area contributed by atoms with E-state index in [4.69, 9.17) is 9.84 Å². The molecule has 22 heavy (non-hydrogen) atoms. The van der Waals surface area contributed by atoms with Crippen LogP contribution in [-0.4, -0.2) is 48.8 Å². The molecule has 2 amide bonds. The van der Waals surface area contributed by atoms with E-state index in [0.717, 1.165) is 12.1 Å². The van der Waals surface area contributed by atoms with Crippen molar-refractivity contribution in [1.82, 2.24) is 4.90 Å². The summed E-state index contributed by atoms with van der Waals surface area (Å²) < 4.78 is 42.3. The highest BCUT2D eigenvalue weighted by Gasteiger charge is 2.15. The standard InChI is InChI=1S/C14H17F3N2O3/c1-2-5-19(6-7-20)14(21)18-11-4-3-10(15)8-12(11)22-9-13(16)17/h2-4,8,13,20H,1,5-7,9H2,(H,18,21). The molecule has 0 saturated heterocycles. The molecule has 0 aromatic heterocycles. The molecule has 0 heterocycles. The summed E-state index contributed by atoms with van der Waals surface area (Å²) in [5, 5.41) is 11.3. The lowest BCUT2D eigenvalue weighted by Crippen LogP contribution is -2.37. The highest BCUT2D eigenvalue weighted by Crippen LogP contribution is 2.26. The van der Waals surface area contributed by atoms with E-state index < -0.39 is 24.9 Å². The number of alkyl halides is 2. The number of benzene rings is 1. The van der Waals surface area contributed by atoms with Gasteiger partial charge in [0, 0.05) is 19.2 Å². The summed E-state index contributed by atoms with van der Waals surface area (Å²) in [5.74, 6) is -0.878. The van der Waals surface area contributed by atoms with E-state index >= 15 is 0 Å². The van der Waals surface area contributed by atoms with Crippen LogP contribution < -0.4 is 10.1 Å². The van der Waals surface area contributed by atoms with Gasteiger partial charge < -0.3 is 20.1 Å². The van der Waals surface area contributed by atoms with Gasteiger partial charge in [0.05, 0.1) is 12.3 Å². The maximum atomic E-state index is 13.2. The molecule has 8 heteroatoms. The number of ether oxygens (including phenoxy) is 1. The van der Waals surface area contributed by atoms with E-state index in [1.807, 2.05) is 0 Å². The Morgan fingerprint density at radius 2 is 2.23 bits per heavy atom. The second kappa shape index (κ2) is 8.93. The third kappa shape index (κ3) is 5.65. The number of amides is 2. The molecule has 0 aliphatic rings. The molecule has 0 saturated carbocycles. The van der Waals surface area contributed by atoms with Crippen LogP contribution in [0, 0.1) is 5.82 Å². The van der Waals surface area contributed by atoms with Crippen LogP contribution >= 0.6 is 0 Å². The maximum absolute atomic E-state index is 13.2. The minimum Gasteiger partial charge on any atom is -0.485 e. The van der Waals surface area contributed by atoms with Gasteiger partial charge in [-0.2, -0.15) is 0 Å². The molecule has 1 aromatic carbocycles. The van der Waals surface area contributed by atoms with Crippen LogP contribution in [0.3, 0.4) is 0 Å². The zero-order chi connectivity index (χ0) is 16.5. The fourth-order valence-corrected chi connectivity index (χ4v) is 1.62. The third-order valence-electron chi connectivity index (χ3n) is 2.56. The van der Waals surface area contributed by atoms with Crippen molar-refractivity contribution >= 4 is 11.7 Å². The topological polar surface area (TPSA) is 61.8 Å². The first-order valence-corrected chi connectivity index (χ1v) is 6.46. The monoisotopic (exact) mass is 318 g/mol. The smallest absolute Gasteiger partial charge is 0.322 e. The molecule has 0 aliphatic carbocycles. The molecule has 0 radical (unpaired) electrons. The van der Waals surface area contributed by atoms with Crippen LogP contribution in [-0.2, 0) is 0 Å². The molecule has 0 unspecified atom stereocenters. The third-order valence-corrected chi connectivity index (χ3v) is 2.56. The number of aliphatic hydroxyl groups is 1. The van der Waals surface area contributed by atoms with E-state index in [0.29, 0.717) is 0 Å². The average molecular weight is 318 g/mol. The van der Waals surface area contributed by atoms with Crippen molar-refractivity contribution < 1.29 is 27.8 Å². The lowest BCUT2D eigenvalue weighted by molar-refractivity contribution is 0.0821. The minimum absolute atomic E-state index is 0.0547. The number of rotatable bonds is 8. The molecule has 0 atom stereocenters. The van der Waals surface area contributed by atoms with Crippen LogP contribution in [0.25, 0.3) is 0 Å². The fourth-order valence-electron chi connectivity index (χ4n) is 1.62. The van der Waals surface area contributed by atoms with E-state index in [1.165, 1.54) is 17.0 Å². The van der Waals surface area contributed by atoms with Crippen molar-refractivity contribution in [3.8, 4) is 5.75 Å². The molecule has 0 fully saturated rings. The number of hydrogen-bond donors (Lipinski definition) is 2. The van der Waals surface area contributed by atoms with Crippen molar-refractivity contribution in [1.29, 1.82) is 0 Å². The lowest BCUT2D eigenvalue weighted by Gasteiger charge is -2.21. The van der Waals surface area contributed by atoms with E-state index in [1.54, 1.807) is 0 Å². The number of halogens is 3. The zero-order valence-corrected chi connectivity index (χ0v) is 11.8. The van der Waals surface area contributed by atoms with Gasteiger partial charge in [-0.05, 0) is 12.1 Å². The molecular weight excluding hydrogens is 301 g/mol. The number of carbonyl (C=O) groups is 1. The van der Waals surface area contributed by atoms with Gasteiger partial charge in [0.15, 0.2) is 0 Å². The SMILES string of the molecule is C=CCN(CCO)C(=O)Nc1ccc(F)cc1OCC(F)F. The summed E-state index contributed by atoms with van der Waals surface area (Å²) >= 11 is 0. The zero-order valence-electron chi connectivity index (χ0n) is 11.8. The number of carbonyl (C=O) groups excluding carboxylic acids is 1. The Balaban J connectivity index is 2.86. The quantitative estimate of drug-likeness (QED) is 0.724. The van der Waals surface area contributed by atoms with Gasteiger partial charge in [-0.15, -0.1) is 6.58 Å². The summed E-state index contributed by atoms with van der Waals surface area (Å²) in [7, 11) is 0. The Morgan fingerprint density at radius 3 is 2.82 bits per heavy atom. The highest BCUT2D eigenvalue weighted by molar-refractivity contribution is 5.91. The Hall–Kier alpha value is -2.22. The van der Waals surface area contributed by atoms with Gasteiger partial charge in [0.1, 0.15) is 18.2 Å². The summed E-state index contributed by atoms with van der Waals surface area (Å²) in [6, 6.07) is 2.58. The maximum Gasteiger partial charge on any atom is 0.322 e. The van der Waals surface area contributed by atoms with Crippen molar-refractivity contribution in [2.45, 2.75) is 6.43 Å². The van der Waals surface area contributed by atoms with Crippen LogP contribution in [0.4, 0.5) is 23.7 Å². The van der Waals surface area contributed by atoms with Gasteiger partial charge in [-0.1, -0.05) is 6.08 Å².